The lowest BCUT2D eigenvalue weighted by Crippen LogP contribution is -2.47. The van der Waals surface area contributed by atoms with E-state index in [0.29, 0.717) is 38.1 Å². The first-order valence-corrected chi connectivity index (χ1v) is 10.4. The molecular weight excluding hydrogens is 359 g/mol. The lowest BCUT2D eigenvalue weighted by Gasteiger charge is -2.36. The van der Waals surface area contributed by atoms with E-state index >= 15 is 0 Å². The number of piperidine rings is 1. The zero-order valence-electron chi connectivity index (χ0n) is 16.9. The average molecular weight is 390 g/mol. The summed E-state index contributed by atoms with van der Waals surface area (Å²) < 4.78 is 18.8. The molecule has 2 saturated heterocycles. The molecule has 2 heterocycles. The van der Waals surface area contributed by atoms with Crippen LogP contribution < -0.4 is 10.1 Å². The maximum absolute atomic E-state index is 13.7. The molecule has 6 heteroatoms. The Morgan fingerprint density at radius 2 is 2.21 bits per heavy atom. The summed E-state index contributed by atoms with van der Waals surface area (Å²) in [7, 11) is 1.44. The van der Waals surface area contributed by atoms with E-state index in [1.165, 1.54) is 19.6 Å². The van der Waals surface area contributed by atoms with Crippen molar-refractivity contribution in [3.8, 4) is 5.75 Å². The molecule has 154 valence electrons. The molecule has 0 aromatic heterocycles. The molecule has 1 N–H and O–H groups in total. The maximum Gasteiger partial charge on any atom is 0.222 e. The van der Waals surface area contributed by atoms with E-state index in [1.54, 1.807) is 12.1 Å². The second-order valence-electron chi connectivity index (χ2n) is 8.12. The van der Waals surface area contributed by atoms with Crippen molar-refractivity contribution >= 4 is 11.8 Å². The zero-order chi connectivity index (χ0) is 20.1. The Morgan fingerprint density at radius 3 is 2.89 bits per heavy atom. The van der Waals surface area contributed by atoms with Crippen LogP contribution in [-0.4, -0.2) is 41.9 Å². The number of hydrogen-bond acceptors (Lipinski definition) is 3. The highest BCUT2D eigenvalue weighted by molar-refractivity contribution is 5.80. The monoisotopic (exact) mass is 390 g/mol. The van der Waals surface area contributed by atoms with Gasteiger partial charge in [-0.05, 0) is 62.6 Å². The quantitative estimate of drug-likeness (QED) is 0.774. The summed E-state index contributed by atoms with van der Waals surface area (Å²) in [6.45, 7) is 2.97. The Labute approximate surface area is 166 Å². The fraction of sp³-hybridized carbons (Fsp3) is 0.636. The molecule has 28 heavy (non-hydrogen) atoms. The van der Waals surface area contributed by atoms with Gasteiger partial charge in [-0.25, -0.2) is 4.39 Å². The molecule has 3 rings (SSSR count). The standard InChI is InChI=1S/C22H31FN2O3/c1-3-17-6-4-5-13-25(17)21(27)10-12-22(11-9-20(26)24-22)15-16-7-8-18(23)19(14-16)28-2/h7-8,14,17H,3-6,9-13,15H2,1-2H3,(H,24,26)/t17-,22-/m0/s1. The first kappa shape index (κ1) is 20.6. The zero-order valence-corrected chi connectivity index (χ0v) is 16.9. The van der Waals surface area contributed by atoms with Crippen LogP contribution in [0.2, 0.25) is 0 Å². The largest absolute Gasteiger partial charge is 0.494 e. The second-order valence-corrected chi connectivity index (χ2v) is 8.12. The summed E-state index contributed by atoms with van der Waals surface area (Å²) in [4.78, 5) is 26.9. The highest BCUT2D eigenvalue weighted by Gasteiger charge is 2.38. The van der Waals surface area contributed by atoms with Crippen molar-refractivity contribution in [2.75, 3.05) is 13.7 Å². The molecule has 0 radical (unpaired) electrons. The van der Waals surface area contributed by atoms with Gasteiger partial charge >= 0.3 is 0 Å². The summed E-state index contributed by atoms with van der Waals surface area (Å²) in [5.74, 6) is 0.00323. The number of nitrogens with zero attached hydrogens (tertiary/aromatic N) is 1. The van der Waals surface area contributed by atoms with Gasteiger partial charge in [-0.1, -0.05) is 13.0 Å². The number of ether oxygens (including phenoxy) is 1. The summed E-state index contributed by atoms with van der Waals surface area (Å²) in [6.07, 6.45) is 7.08. The van der Waals surface area contributed by atoms with Crippen LogP contribution in [-0.2, 0) is 16.0 Å². The normalized spacial score (nSPS) is 24.9. The topological polar surface area (TPSA) is 58.6 Å². The van der Waals surface area contributed by atoms with E-state index in [1.807, 2.05) is 4.90 Å². The van der Waals surface area contributed by atoms with E-state index in [9.17, 15) is 14.0 Å². The molecular formula is C22H31FN2O3. The number of halogens is 1. The van der Waals surface area contributed by atoms with E-state index in [4.69, 9.17) is 4.74 Å². The molecule has 2 amide bonds. The summed E-state index contributed by atoms with van der Waals surface area (Å²) in [6, 6.07) is 5.14. The minimum absolute atomic E-state index is 0.0194. The molecule has 2 aliphatic heterocycles. The van der Waals surface area contributed by atoms with Gasteiger partial charge in [-0.15, -0.1) is 0 Å². The summed E-state index contributed by atoms with van der Waals surface area (Å²) in [5, 5.41) is 3.11. The molecule has 2 fully saturated rings. The molecule has 0 aliphatic carbocycles. The van der Waals surface area contributed by atoms with Crippen molar-refractivity contribution < 1.29 is 18.7 Å². The van der Waals surface area contributed by atoms with Gasteiger partial charge in [0.1, 0.15) is 0 Å². The Hall–Kier alpha value is -2.11. The molecule has 0 unspecified atom stereocenters. The molecule has 1 aromatic carbocycles. The highest BCUT2D eigenvalue weighted by Crippen LogP contribution is 2.32. The minimum atomic E-state index is -0.451. The van der Waals surface area contributed by atoms with Crippen molar-refractivity contribution in [3.63, 3.8) is 0 Å². The minimum Gasteiger partial charge on any atom is -0.494 e. The average Bonchev–Trinajstić information content (AvgIpc) is 3.08. The fourth-order valence-corrected chi connectivity index (χ4v) is 4.63. The van der Waals surface area contributed by atoms with E-state index in [0.717, 1.165) is 31.4 Å². The molecule has 0 saturated carbocycles. The fourth-order valence-electron chi connectivity index (χ4n) is 4.63. The third-order valence-electron chi connectivity index (χ3n) is 6.23. The number of carbonyl (C=O) groups excluding carboxylic acids is 2. The lowest BCUT2D eigenvalue weighted by atomic mass is 9.84. The molecule has 0 spiro atoms. The third kappa shape index (κ3) is 4.65. The number of carbonyl (C=O) groups is 2. The van der Waals surface area contributed by atoms with Crippen LogP contribution in [0.5, 0.6) is 5.75 Å². The van der Waals surface area contributed by atoms with E-state index in [2.05, 4.69) is 12.2 Å². The molecule has 0 bridgehead atoms. The Balaban J connectivity index is 1.70. The first-order valence-electron chi connectivity index (χ1n) is 10.4. The van der Waals surface area contributed by atoms with Crippen molar-refractivity contribution in [3.05, 3.63) is 29.6 Å². The number of nitrogens with one attached hydrogen (secondary N) is 1. The van der Waals surface area contributed by atoms with Gasteiger partial charge in [0.15, 0.2) is 11.6 Å². The Kier molecular flexibility index (Phi) is 6.57. The number of likely N-dealkylation sites (tertiary alicyclic amines) is 1. The van der Waals surface area contributed by atoms with Crippen LogP contribution in [0.4, 0.5) is 4.39 Å². The SMILES string of the molecule is CC[C@H]1CCCCN1C(=O)CC[C@]1(Cc2ccc(F)c(OC)c2)CCC(=O)N1. The van der Waals surface area contributed by atoms with Crippen molar-refractivity contribution in [1.29, 1.82) is 0 Å². The molecule has 5 nitrogen and oxygen atoms in total. The van der Waals surface area contributed by atoms with E-state index in [-0.39, 0.29) is 17.6 Å². The summed E-state index contributed by atoms with van der Waals surface area (Å²) in [5.41, 5.74) is 0.449. The van der Waals surface area contributed by atoms with Crippen LogP contribution in [0.25, 0.3) is 0 Å². The Bertz CT molecular complexity index is 724. The van der Waals surface area contributed by atoms with Gasteiger partial charge in [-0.2, -0.15) is 0 Å². The number of hydrogen-bond donors (Lipinski definition) is 1. The number of benzene rings is 1. The van der Waals surface area contributed by atoms with Gasteiger partial charge in [0.05, 0.1) is 7.11 Å². The van der Waals surface area contributed by atoms with Crippen LogP contribution in [0, 0.1) is 5.82 Å². The van der Waals surface area contributed by atoms with Gasteiger partial charge in [0.25, 0.3) is 0 Å². The van der Waals surface area contributed by atoms with Crippen molar-refractivity contribution in [2.45, 2.75) is 76.3 Å². The van der Waals surface area contributed by atoms with Gasteiger partial charge in [0, 0.05) is 31.0 Å². The number of rotatable bonds is 7. The van der Waals surface area contributed by atoms with Crippen LogP contribution >= 0.6 is 0 Å². The smallest absolute Gasteiger partial charge is 0.222 e. The second kappa shape index (κ2) is 8.93. The van der Waals surface area contributed by atoms with Gasteiger partial charge < -0.3 is 15.0 Å². The molecule has 2 aliphatic rings. The highest BCUT2D eigenvalue weighted by atomic mass is 19.1. The maximum atomic E-state index is 13.7. The van der Waals surface area contributed by atoms with Crippen molar-refractivity contribution in [1.82, 2.24) is 10.2 Å². The summed E-state index contributed by atoms with van der Waals surface area (Å²) >= 11 is 0. The van der Waals surface area contributed by atoms with Crippen LogP contribution in [0.15, 0.2) is 18.2 Å². The Morgan fingerprint density at radius 1 is 1.39 bits per heavy atom. The lowest BCUT2D eigenvalue weighted by molar-refractivity contribution is -0.135. The molecule has 2 atom stereocenters. The van der Waals surface area contributed by atoms with Crippen LogP contribution in [0.3, 0.4) is 0 Å². The number of methoxy groups -OCH3 is 1. The van der Waals surface area contributed by atoms with Gasteiger partial charge in [0.2, 0.25) is 11.8 Å². The third-order valence-corrected chi connectivity index (χ3v) is 6.23. The predicted octanol–water partition coefficient (Wildman–Crippen LogP) is 3.60. The predicted molar refractivity (Wildman–Crippen MR) is 106 cm³/mol. The number of amides is 2. The molecule has 1 aromatic rings. The first-order chi connectivity index (χ1) is 13.5. The van der Waals surface area contributed by atoms with E-state index < -0.39 is 11.4 Å². The van der Waals surface area contributed by atoms with Crippen LogP contribution in [0.1, 0.15) is 63.9 Å². The van der Waals surface area contributed by atoms with Crippen molar-refractivity contribution in [2.24, 2.45) is 0 Å². The van der Waals surface area contributed by atoms with Gasteiger partial charge in [-0.3, -0.25) is 9.59 Å².